The average molecular weight is 308 g/mol. The Kier molecular flexibility index (Phi) is 3.52. The molecule has 2 aromatic heterocycles. The fraction of sp³-hybridized carbons (Fsp3) is 0.500. The van der Waals surface area contributed by atoms with Gasteiger partial charge < -0.3 is 25.8 Å². The molecule has 12 nitrogen and oxygen atoms in total. The summed E-state index contributed by atoms with van der Waals surface area (Å²) in [6.07, 6.45) is -3.22. The molecular formula is C10H12N8O4. The number of ether oxygens (including phenoxy) is 1. The lowest BCUT2D eigenvalue weighted by Crippen LogP contribution is -2.33. The lowest BCUT2D eigenvalue weighted by molar-refractivity contribution is -0.0511. The molecule has 2 aromatic rings. The average Bonchev–Trinajstić information content (AvgIpc) is 3.03. The number of hydrogen-bond donors (Lipinski definition) is 4. The molecule has 22 heavy (non-hydrogen) atoms. The van der Waals surface area contributed by atoms with E-state index in [-0.39, 0.29) is 22.9 Å². The summed E-state index contributed by atoms with van der Waals surface area (Å²) in [4.78, 5) is 14.4. The molecule has 0 spiro atoms. The number of hydrogen-bond acceptors (Lipinski definition) is 9. The van der Waals surface area contributed by atoms with Crippen LogP contribution in [-0.4, -0.2) is 59.8 Å². The molecule has 0 aromatic carbocycles. The van der Waals surface area contributed by atoms with Crippen molar-refractivity contribution >= 4 is 22.9 Å². The minimum Gasteiger partial charge on any atom is -0.394 e. The van der Waals surface area contributed by atoms with Gasteiger partial charge in [-0.25, -0.2) is 15.0 Å². The van der Waals surface area contributed by atoms with Crippen LogP contribution in [0.4, 0.5) is 11.8 Å². The molecule has 0 aliphatic carbocycles. The number of fused-ring (bicyclic) bond motifs is 1. The molecule has 1 fully saturated rings. The maximum absolute atomic E-state index is 10.0. The van der Waals surface area contributed by atoms with E-state index in [0.717, 1.165) is 0 Å². The third-order valence-corrected chi connectivity index (χ3v) is 3.36. The normalized spacial score (nSPS) is 28.0. The maximum atomic E-state index is 10.0. The molecule has 1 aliphatic heterocycles. The van der Waals surface area contributed by atoms with Crippen LogP contribution in [0, 0.1) is 0 Å². The molecule has 4 atom stereocenters. The van der Waals surface area contributed by atoms with E-state index in [0.29, 0.717) is 0 Å². The number of azide groups is 1. The van der Waals surface area contributed by atoms with E-state index < -0.39 is 31.1 Å². The first kappa shape index (κ1) is 14.4. The molecule has 0 saturated carbocycles. The van der Waals surface area contributed by atoms with Gasteiger partial charge >= 0.3 is 0 Å². The van der Waals surface area contributed by atoms with Gasteiger partial charge in [0.15, 0.2) is 17.7 Å². The van der Waals surface area contributed by atoms with Crippen molar-refractivity contribution in [3.05, 3.63) is 16.8 Å². The summed E-state index contributed by atoms with van der Waals surface area (Å²) in [7, 11) is 0. The van der Waals surface area contributed by atoms with Crippen LogP contribution in [0.15, 0.2) is 11.4 Å². The van der Waals surface area contributed by atoms with Crippen molar-refractivity contribution in [3.8, 4) is 0 Å². The first-order valence-corrected chi connectivity index (χ1v) is 6.24. The van der Waals surface area contributed by atoms with E-state index in [2.05, 4.69) is 25.0 Å². The van der Waals surface area contributed by atoms with Gasteiger partial charge in [0.1, 0.15) is 23.8 Å². The molecule has 0 bridgehead atoms. The predicted octanol–water partition coefficient (Wildman–Crippen LogP) is -1.04. The Morgan fingerprint density at radius 2 is 2.18 bits per heavy atom. The van der Waals surface area contributed by atoms with Crippen LogP contribution in [-0.2, 0) is 4.74 Å². The lowest BCUT2D eigenvalue weighted by atomic mass is 10.1. The molecule has 0 amide bonds. The Bertz CT molecular complexity index is 757. The summed E-state index contributed by atoms with van der Waals surface area (Å²) in [5.74, 6) is -0.209. The Morgan fingerprint density at radius 1 is 1.41 bits per heavy atom. The molecule has 1 saturated heterocycles. The number of nitrogen functional groups attached to an aromatic ring is 1. The zero-order chi connectivity index (χ0) is 15.9. The van der Waals surface area contributed by atoms with E-state index in [4.69, 9.17) is 21.1 Å². The van der Waals surface area contributed by atoms with E-state index >= 15 is 0 Å². The number of nitrogens with zero attached hydrogens (tertiary/aromatic N) is 7. The topological polar surface area (TPSA) is 188 Å². The minimum absolute atomic E-state index is 0.00195. The second-order valence-corrected chi connectivity index (χ2v) is 4.65. The van der Waals surface area contributed by atoms with Crippen molar-refractivity contribution in [2.24, 2.45) is 5.11 Å². The van der Waals surface area contributed by atoms with E-state index in [1.807, 2.05) is 0 Å². The van der Waals surface area contributed by atoms with Gasteiger partial charge in [0.2, 0.25) is 5.95 Å². The number of anilines is 1. The second-order valence-electron chi connectivity index (χ2n) is 4.65. The van der Waals surface area contributed by atoms with Crippen LogP contribution < -0.4 is 5.73 Å². The fourth-order valence-corrected chi connectivity index (χ4v) is 2.31. The molecule has 116 valence electrons. The summed E-state index contributed by atoms with van der Waals surface area (Å²) < 4.78 is 6.72. The number of rotatable bonds is 3. The van der Waals surface area contributed by atoms with Gasteiger partial charge in [-0.1, -0.05) is 0 Å². The smallest absolute Gasteiger partial charge is 0.220 e. The maximum Gasteiger partial charge on any atom is 0.220 e. The summed E-state index contributed by atoms with van der Waals surface area (Å²) in [5.41, 5.74) is 14.6. The quantitative estimate of drug-likeness (QED) is 0.314. The number of imidazole rings is 1. The van der Waals surface area contributed by atoms with Crippen molar-refractivity contribution in [2.75, 3.05) is 12.3 Å². The Balaban J connectivity index is 2.10. The number of aliphatic hydroxyl groups is 3. The highest BCUT2D eigenvalue weighted by molar-refractivity contribution is 5.82. The molecule has 3 rings (SSSR count). The van der Waals surface area contributed by atoms with E-state index in [9.17, 15) is 10.2 Å². The monoisotopic (exact) mass is 308 g/mol. The highest BCUT2D eigenvalue weighted by Crippen LogP contribution is 2.32. The summed E-state index contributed by atoms with van der Waals surface area (Å²) in [6.45, 7) is -0.456. The molecule has 3 heterocycles. The zero-order valence-electron chi connectivity index (χ0n) is 11.1. The molecule has 1 aliphatic rings. The Hall–Kier alpha value is -2.50. The number of aliphatic hydroxyl groups excluding tert-OH is 3. The molecule has 5 N–H and O–H groups in total. The van der Waals surface area contributed by atoms with Gasteiger partial charge in [-0.3, -0.25) is 4.57 Å². The standard InChI is InChI=1S/C10H12N8O4/c11-7-4-8(15-10(14-7)16-17-12)18(2-13-4)9-6(21)5(20)3(1-19)22-9/h2-3,5-6,9,19-21H,1H2,(H2,11,14,15). The summed E-state index contributed by atoms with van der Waals surface area (Å²) >= 11 is 0. The largest absolute Gasteiger partial charge is 0.394 e. The van der Waals surface area contributed by atoms with E-state index in [1.54, 1.807) is 0 Å². The highest BCUT2D eigenvalue weighted by Gasteiger charge is 2.44. The van der Waals surface area contributed by atoms with Crippen LogP contribution in [0.2, 0.25) is 0 Å². The van der Waals surface area contributed by atoms with Gasteiger partial charge in [0.25, 0.3) is 0 Å². The molecular weight excluding hydrogens is 296 g/mol. The Morgan fingerprint density at radius 3 is 2.82 bits per heavy atom. The van der Waals surface area contributed by atoms with Crippen molar-refractivity contribution in [1.82, 2.24) is 19.5 Å². The third kappa shape index (κ3) is 2.11. The lowest BCUT2D eigenvalue weighted by Gasteiger charge is -2.16. The van der Waals surface area contributed by atoms with Gasteiger partial charge in [-0.05, 0) is 10.6 Å². The van der Waals surface area contributed by atoms with Crippen molar-refractivity contribution < 1.29 is 20.1 Å². The first-order valence-electron chi connectivity index (χ1n) is 6.24. The molecule has 0 radical (unpaired) electrons. The van der Waals surface area contributed by atoms with Gasteiger partial charge in [0, 0.05) is 4.91 Å². The second kappa shape index (κ2) is 5.36. The summed E-state index contributed by atoms with van der Waals surface area (Å²) in [5, 5.41) is 32.2. The first-order chi connectivity index (χ1) is 10.6. The van der Waals surface area contributed by atoms with E-state index in [1.165, 1.54) is 10.9 Å². The zero-order valence-corrected chi connectivity index (χ0v) is 11.1. The van der Waals surface area contributed by atoms with Crippen LogP contribution in [0.5, 0.6) is 0 Å². The van der Waals surface area contributed by atoms with Gasteiger partial charge in [-0.15, -0.1) is 0 Å². The highest BCUT2D eigenvalue weighted by atomic mass is 16.6. The van der Waals surface area contributed by atoms with Crippen molar-refractivity contribution in [1.29, 1.82) is 0 Å². The predicted molar refractivity (Wildman–Crippen MR) is 71.6 cm³/mol. The van der Waals surface area contributed by atoms with Gasteiger partial charge in [0.05, 0.1) is 12.9 Å². The number of nitrogens with two attached hydrogens (primary N) is 1. The van der Waals surface area contributed by atoms with Gasteiger partial charge in [-0.2, -0.15) is 0 Å². The Labute approximate surface area is 122 Å². The third-order valence-electron chi connectivity index (χ3n) is 3.36. The minimum atomic E-state index is -1.30. The SMILES string of the molecule is [N-]=[N+]=Nc1nc(N)c2ncn(C3OC(CO)C(O)C3O)c2n1. The van der Waals surface area contributed by atoms with Crippen molar-refractivity contribution in [2.45, 2.75) is 24.5 Å². The fourth-order valence-electron chi connectivity index (χ4n) is 2.31. The number of aromatic nitrogens is 4. The summed E-state index contributed by atoms with van der Waals surface area (Å²) in [6, 6.07) is 0. The molecule has 4 unspecified atom stereocenters. The van der Waals surface area contributed by atoms with Crippen LogP contribution in [0.25, 0.3) is 21.6 Å². The van der Waals surface area contributed by atoms with Crippen LogP contribution in [0.1, 0.15) is 6.23 Å². The molecule has 12 heteroatoms. The van der Waals surface area contributed by atoms with Crippen molar-refractivity contribution in [3.63, 3.8) is 0 Å². The van der Waals surface area contributed by atoms with Crippen LogP contribution >= 0.6 is 0 Å². The van der Waals surface area contributed by atoms with Crippen LogP contribution in [0.3, 0.4) is 0 Å².